The Balaban J connectivity index is 1.24. The van der Waals surface area contributed by atoms with E-state index in [0.29, 0.717) is 5.92 Å². The van der Waals surface area contributed by atoms with Crippen molar-refractivity contribution in [3.05, 3.63) is 18.6 Å². The quantitative estimate of drug-likeness (QED) is 0.852. The van der Waals surface area contributed by atoms with Crippen molar-refractivity contribution in [2.75, 3.05) is 24.5 Å². The number of hydrogen-bond donors (Lipinski definition) is 2. The summed E-state index contributed by atoms with van der Waals surface area (Å²) in [7, 11) is 0. The number of nitrogens with one attached hydrogen (secondary N) is 2. The molecule has 2 saturated carbocycles. The lowest BCUT2D eigenvalue weighted by molar-refractivity contribution is -0.128. The minimum atomic E-state index is 0.0977. The van der Waals surface area contributed by atoms with E-state index < -0.39 is 0 Å². The summed E-state index contributed by atoms with van der Waals surface area (Å²) in [5.74, 6) is 1.93. The van der Waals surface area contributed by atoms with Gasteiger partial charge in [0.15, 0.2) is 0 Å². The largest absolute Gasteiger partial charge is 0.356 e. The molecular formula is C21H26N6O. The van der Waals surface area contributed by atoms with Crippen LogP contribution in [0.5, 0.6) is 0 Å². The van der Waals surface area contributed by atoms with Crippen LogP contribution in [-0.2, 0) is 4.79 Å². The molecule has 3 aliphatic rings. The maximum Gasteiger partial charge on any atom is 0.223 e. The predicted octanol–water partition coefficient (Wildman–Crippen LogP) is 2.62. The van der Waals surface area contributed by atoms with Crippen LogP contribution in [0.1, 0.15) is 38.5 Å². The summed E-state index contributed by atoms with van der Waals surface area (Å²) >= 11 is 0. The predicted molar refractivity (Wildman–Crippen MR) is 105 cm³/mol. The van der Waals surface area contributed by atoms with Crippen molar-refractivity contribution in [2.45, 2.75) is 38.5 Å². The molecule has 28 heavy (non-hydrogen) atoms. The number of amides is 1. The third kappa shape index (κ3) is 3.01. The van der Waals surface area contributed by atoms with E-state index in [9.17, 15) is 4.79 Å². The second-order valence-corrected chi connectivity index (χ2v) is 8.81. The SMILES string of the molecule is N#CC1CCC(CNC(=O)C2CCN(c3ncnc4[nH]ccc34)CC23CC3)C1. The number of nitriles is 1. The molecule has 1 saturated heterocycles. The Morgan fingerprint density at radius 1 is 1.36 bits per heavy atom. The van der Waals surface area contributed by atoms with Gasteiger partial charge in [-0.15, -0.1) is 0 Å². The van der Waals surface area contributed by atoms with Crippen LogP contribution in [0.25, 0.3) is 11.0 Å². The van der Waals surface area contributed by atoms with E-state index in [4.69, 9.17) is 5.26 Å². The fraction of sp³-hybridized carbons (Fsp3) is 0.619. The first-order valence-electron chi connectivity index (χ1n) is 10.4. The molecule has 2 aromatic rings. The van der Waals surface area contributed by atoms with Crippen molar-refractivity contribution < 1.29 is 4.79 Å². The van der Waals surface area contributed by atoms with E-state index >= 15 is 0 Å². The number of carbonyl (C=O) groups excluding carboxylic acids is 1. The van der Waals surface area contributed by atoms with Crippen LogP contribution in [-0.4, -0.2) is 40.5 Å². The van der Waals surface area contributed by atoms with Crippen molar-refractivity contribution in [2.24, 2.45) is 23.2 Å². The first-order valence-corrected chi connectivity index (χ1v) is 10.4. The van der Waals surface area contributed by atoms with Gasteiger partial charge in [0.2, 0.25) is 5.91 Å². The molecule has 2 aliphatic carbocycles. The van der Waals surface area contributed by atoms with E-state index in [0.717, 1.165) is 75.0 Å². The second kappa shape index (κ2) is 6.77. The second-order valence-electron chi connectivity index (χ2n) is 8.81. The van der Waals surface area contributed by atoms with Crippen LogP contribution in [0, 0.1) is 34.5 Å². The molecule has 0 bridgehead atoms. The van der Waals surface area contributed by atoms with Gasteiger partial charge >= 0.3 is 0 Å². The highest BCUT2D eigenvalue weighted by Crippen LogP contribution is 2.56. The van der Waals surface area contributed by atoms with Gasteiger partial charge in [-0.3, -0.25) is 4.79 Å². The zero-order valence-electron chi connectivity index (χ0n) is 16.0. The lowest BCUT2D eigenvalue weighted by Crippen LogP contribution is -2.48. The van der Waals surface area contributed by atoms with E-state index in [-0.39, 0.29) is 23.2 Å². The van der Waals surface area contributed by atoms with Crippen LogP contribution in [0.15, 0.2) is 18.6 Å². The normalized spacial score (nSPS) is 28.4. The summed E-state index contributed by atoms with van der Waals surface area (Å²) in [5.41, 5.74) is 0.961. The number of rotatable bonds is 4. The number of hydrogen-bond acceptors (Lipinski definition) is 5. The van der Waals surface area contributed by atoms with E-state index in [1.165, 1.54) is 0 Å². The number of piperidine rings is 1. The zero-order valence-corrected chi connectivity index (χ0v) is 16.0. The number of aromatic amines is 1. The topological polar surface area (TPSA) is 97.7 Å². The first kappa shape index (κ1) is 17.5. The van der Waals surface area contributed by atoms with Crippen molar-refractivity contribution in [3.63, 3.8) is 0 Å². The molecule has 146 valence electrons. The van der Waals surface area contributed by atoms with E-state index in [1.807, 2.05) is 12.3 Å². The Bertz CT molecular complexity index is 926. The molecule has 0 radical (unpaired) electrons. The summed E-state index contributed by atoms with van der Waals surface area (Å²) in [5, 5.41) is 13.3. The molecule has 1 amide bonds. The average molecular weight is 378 g/mol. The third-order valence-corrected chi connectivity index (χ3v) is 7.06. The van der Waals surface area contributed by atoms with Crippen molar-refractivity contribution in [1.82, 2.24) is 20.3 Å². The standard InChI is InChI=1S/C21H26N6O/c22-10-14-1-2-15(9-14)11-24-20(28)17-4-8-27(12-21(17)5-6-21)19-16-3-7-23-18(16)25-13-26-19/h3,7,13-15,17H,1-2,4-6,8-9,11-12H2,(H,24,28)(H,23,25,26). The fourth-order valence-corrected chi connectivity index (χ4v) is 5.27. The summed E-state index contributed by atoms with van der Waals surface area (Å²) < 4.78 is 0. The van der Waals surface area contributed by atoms with E-state index in [1.54, 1.807) is 6.33 Å². The molecule has 1 aliphatic heterocycles. The Morgan fingerprint density at radius 3 is 3.04 bits per heavy atom. The maximum atomic E-state index is 13.0. The Kier molecular flexibility index (Phi) is 4.22. The summed E-state index contributed by atoms with van der Waals surface area (Å²) in [6.07, 6.45) is 9.58. The number of fused-ring (bicyclic) bond motifs is 1. The van der Waals surface area contributed by atoms with Gasteiger partial charge in [0.1, 0.15) is 17.8 Å². The van der Waals surface area contributed by atoms with Gasteiger partial charge in [0.25, 0.3) is 0 Å². The Hall–Kier alpha value is -2.62. The molecule has 5 rings (SSSR count). The minimum Gasteiger partial charge on any atom is -0.356 e. The average Bonchev–Trinajstić information content (AvgIpc) is 3.13. The molecule has 7 heteroatoms. The Morgan fingerprint density at radius 2 is 2.25 bits per heavy atom. The van der Waals surface area contributed by atoms with Gasteiger partial charge in [0.05, 0.1) is 11.5 Å². The van der Waals surface area contributed by atoms with Crippen LogP contribution in [0.3, 0.4) is 0 Å². The molecule has 2 N–H and O–H groups in total. The molecule has 3 unspecified atom stereocenters. The van der Waals surface area contributed by atoms with Crippen molar-refractivity contribution in [3.8, 4) is 6.07 Å². The number of H-pyrrole nitrogens is 1. The third-order valence-electron chi connectivity index (χ3n) is 7.06. The molecule has 3 fully saturated rings. The summed E-state index contributed by atoms with van der Waals surface area (Å²) in [6, 6.07) is 4.40. The van der Waals surface area contributed by atoms with Gasteiger partial charge in [-0.2, -0.15) is 5.26 Å². The van der Waals surface area contributed by atoms with Crippen molar-refractivity contribution in [1.29, 1.82) is 5.26 Å². The van der Waals surface area contributed by atoms with Crippen LogP contribution in [0.2, 0.25) is 0 Å². The minimum absolute atomic E-state index is 0.0977. The lowest BCUT2D eigenvalue weighted by atomic mass is 9.81. The van der Waals surface area contributed by atoms with Gasteiger partial charge < -0.3 is 15.2 Å². The monoisotopic (exact) mass is 378 g/mol. The molecule has 2 aromatic heterocycles. The number of anilines is 1. The fourth-order valence-electron chi connectivity index (χ4n) is 5.27. The highest BCUT2D eigenvalue weighted by Gasteiger charge is 2.55. The summed E-state index contributed by atoms with van der Waals surface area (Å²) in [6.45, 7) is 2.46. The van der Waals surface area contributed by atoms with Crippen LogP contribution in [0.4, 0.5) is 5.82 Å². The number of carbonyl (C=O) groups is 1. The first-order chi connectivity index (χ1) is 13.7. The zero-order chi connectivity index (χ0) is 19.1. The Labute approximate surface area is 164 Å². The van der Waals surface area contributed by atoms with Gasteiger partial charge in [-0.25, -0.2) is 9.97 Å². The van der Waals surface area contributed by atoms with Gasteiger partial charge in [-0.1, -0.05) is 0 Å². The van der Waals surface area contributed by atoms with Crippen molar-refractivity contribution >= 4 is 22.8 Å². The molecule has 1 spiro atoms. The number of aromatic nitrogens is 3. The molecular weight excluding hydrogens is 352 g/mol. The van der Waals surface area contributed by atoms with Gasteiger partial charge in [-0.05, 0) is 55.9 Å². The molecule has 7 nitrogen and oxygen atoms in total. The van der Waals surface area contributed by atoms with Crippen LogP contribution < -0.4 is 10.2 Å². The highest BCUT2D eigenvalue weighted by atomic mass is 16.1. The number of nitrogens with zero attached hydrogens (tertiary/aromatic N) is 4. The van der Waals surface area contributed by atoms with Gasteiger partial charge in [0, 0.05) is 37.7 Å². The molecule has 3 heterocycles. The smallest absolute Gasteiger partial charge is 0.223 e. The van der Waals surface area contributed by atoms with Crippen LogP contribution >= 0.6 is 0 Å². The molecule has 0 aromatic carbocycles. The summed E-state index contributed by atoms with van der Waals surface area (Å²) in [4.78, 5) is 27.3. The highest BCUT2D eigenvalue weighted by molar-refractivity contribution is 5.87. The lowest BCUT2D eigenvalue weighted by Gasteiger charge is -2.39. The van der Waals surface area contributed by atoms with E-state index in [2.05, 4.69) is 31.2 Å². The maximum absolute atomic E-state index is 13.0. The molecule has 3 atom stereocenters.